The van der Waals surface area contributed by atoms with E-state index >= 15 is 8.78 Å². The van der Waals surface area contributed by atoms with Gasteiger partial charge in [-0.15, -0.1) is 0 Å². The van der Waals surface area contributed by atoms with Crippen molar-refractivity contribution in [3.8, 4) is 11.5 Å². The number of hydrogen-bond acceptors (Lipinski definition) is 3. The minimum atomic E-state index is -0.698. The lowest BCUT2D eigenvalue weighted by Gasteiger charge is -2.32. The molecule has 0 bridgehead atoms. The summed E-state index contributed by atoms with van der Waals surface area (Å²) in [6.07, 6.45) is 6.08. The second-order valence-electron chi connectivity index (χ2n) is 10.3. The second kappa shape index (κ2) is 11.7. The van der Waals surface area contributed by atoms with Crippen LogP contribution in [0.1, 0.15) is 88.2 Å². The summed E-state index contributed by atoms with van der Waals surface area (Å²) in [7, 11) is 0. The van der Waals surface area contributed by atoms with Crippen LogP contribution in [0.15, 0.2) is 30.3 Å². The van der Waals surface area contributed by atoms with Crippen LogP contribution in [0.5, 0.6) is 11.5 Å². The van der Waals surface area contributed by atoms with Gasteiger partial charge in [-0.05, 0) is 112 Å². The number of ether oxygens (including phenoxy) is 2. The quantitative estimate of drug-likeness (QED) is 0.416. The highest BCUT2D eigenvalue weighted by Crippen LogP contribution is 2.42. The molecule has 192 valence electrons. The van der Waals surface area contributed by atoms with E-state index in [2.05, 4.69) is 0 Å². The molecule has 2 aromatic carbocycles. The Labute approximate surface area is 206 Å². The first-order chi connectivity index (χ1) is 16.9. The fourth-order valence-corrected chi connectivity index (χ4v) is 5.83. The van der Waals surface area contributed by atoms with Crippen LogP contribution in [0.3, 0.4) is 0 Å². The van der Waals surface area contributed by atoms with Crippen molar-refractivity contribution in [2.45, 2.75) is 83.2 Å². The molecule has 0 amide bonds. The maximum atomic E-state index is 15.1. The zero-order valence-corrected chi connectivity index (χ0v) is 20.7. The zero-order valence-electron chi connectivity index (χ0n) is 20.7. The van der Waals surface area contributed by atoms with Crippen molar-refractivity contribution in [2.24, 2.45) is 11.8 Å². The van der Waals surface area contributed by atoms with E-state index in [-0.39, 0.29) is 35.5 Å². The monoisotopic (exact) mass is 490 g/mol. The van der Waals surface area contributed by atoms with E-state index in [1.54, 1.807) is 31.2 Å². The maximum Gasteiger partial charge on any atom is 0.168 e. The van der Waals surface area contributed by atoms with E-state index in [1.165, 1.54) is 6.07 Å². The predicted octanol–water partition coefficient (Wildman–Crippen LogP) is 7.51. The first-order valence-corrected chi connectivity index (χ1v) is 13.1. The Balaban J connectivity index is 1.31. The van der Waals surface area contributed by atoms with Crippen LogP contribution in [0.4, 0.5) is 13.2 Å². The molecule has 0 aliphatic heterocycles. The molecule has 0 saturated heterocycles. The molecule has 35 heavy (non-hydrogen) atoms. The van der Waals surface area contributed by atoms with Crippen LogP contribution in [0.25, 0.3) is 0 Å². The molecule has 2 aliphatic carbocycles. The summed E-state index contributed by atoms with van der Waals surface area (Å²) >= 11 is 0. The lowest BCUT2D eigenvalue weighted by Crippen LogP contribution is -2.23. The molecular weight excluding hydrogens is 453 g/mol. The van der Waals surface area contributed by atoms with E-state index in [0.717, 1.165) is 51.4 Å². The summed E-state index contributed by atoms with van der Waals surface area (Å²) in [5, 5.41) is 9.80. The molecule has 2 saturated carbocycles. The number of benzene rings is 2. The molecule has 6 heteroatoms. The fourth-order valence-electron chi connectivity index (χ4n) is 5.83. The normalized spacial score (nSPS) is 25.8. The summed E-state index contributed by atoms with van der Waals surface area (Å²) in [6.45, 7) is 4.53. The zero-order chi connectivity index (χ0) is 24.9. The second-order valence-corrected chi connectivity index (χ2v) is 10.3. The molecule has 1 N–H and O–H groups in total. The third kappa shape index (κ3) is 6.14. The van der Waals surface area contributed by atoms with Gasteiger partial charge in [-0.1, -0.05) is 12.1 Å². The Morgan fingerprint density at radius 2 is 1.40 bits per heavy atom. The molecule has 3 nitrogen and oxygen atoms in total. The molecule has 0 spiro atoms. The van der Waals surface area contributed by atoms with E-state index in [1.807, 2.05) is 6.92 Å². The van der Waals surface area contributed by atoms with Gasteiger partial charge in [0.1, 0.15) is 5.75 Å². The van der Waals surface area contributed by atoms with Crippen molar-refractivity contribution < 1.29 is 27.8 Å². The topological polar surface area (TPSA) is 38.7 Å². The number of halogens is 3. The highest BCUT2D eigenvalue weighted by molar-refractivity contribution is 5.33. The van der Waals surface area contributed by atoms with Crippen molar-refractivity contribution >= 4 is 0 Å². The Kier molecular flexibility index (Phi) is 8.64. The number of aliphatic hydroxyl groups is 1. The van der Waals surface area contributed by atoms with E-state index in [9.17, 15) is 9.50 Å². The van der Waals surface area contributed by atoms with Gasteiger partial charge in [-0.2, -0.15) is 0 Å². The van der Waals surface area contributed by atoms with Crippen LogP contribution < -0.4 is 9.47 Å². The van der Waals surface area contributed by atoms with Crippen LogP contribution in [-0.4, -0.2) is 24.4 Å². The Bertz CT molecular complexity index is 977. The average Bonchev–Trinajstić information content (AvgIpc) is 2.86. The first kappa shape index (κ1) is 25.9. The molecule has 0 heterocycles. The molecular formula is C29H37F3O3. The highest BCUT2D eigenvalue weighted by Gasteiger charge is 2.30. The van der Waals surface area contributed by atoms with Gasteiger partial charge < -0.3 is 14.6 Å². The van der Waals surface area contributed by atoms with Crippen molar-refractivity contribution in [3.05, 3.63) is 58.9 Å². The Morgan fingerprint density at radius 1 is 0.829 bits per heavy atom. The molecule has 0 radical (unpaired) electrons. The van der Waals surface area contributed by atoms with Gasteiger partial charge in [0, 0.05) is 6.07 Å². The van der Waals surface area contributed by atoms with E-state index < -0.39 is 17.5 Å². The van der Waals surface area contributed by atoms with E-state index in [0.29, 0.717) is 30.1 Å². The van der Waals surface area contributed by atoms with Crippen molar-refractivity contribution in [3.63, 3.8) is 0 Å². The summed E-state index contributed by atoms with van der Waals surface area (Å²) in [6, 6.07) is 8.17. The van der Waals surface area contributed by atoms with Crippen LogP contribution in [-0.2, 0) is 0 Å². The van der Waals surface area contributed by atoms with Gasteiger partial charge in [0.2, 0.25) is 0 Å². The first-order valence-electron chi connectivity index (χ1n) is 13.1. The van der Waals surface area contributed by atoms with Gasteiger partial charge >= 0.3 is 0 Å². The largest absolute Gasteiger partial charge is 0.494 e. The fraction of sp³-hybridized carbons (Fsp3) is 0.586. The lowest BCUT2D eigenvalue weighted by atomic mass is 9.75. The van der Waals surface area contributed by atoms with Crippen molar-refractivity contribution in [1.82, 2.24) is 0 Å². The van der Waals surface area contributed by atoms with Gasteiger partial charge in [0.15, 0.2) is 23.2 Å². The smallest absolute Gasteiger partial charge is 0.168 e. The SMILES string of the molecule is CCOc1ccc(OCC2CCC(c3ccc(C4CCC(C(C)O)CC4)c(F)c3F)CC2)c(F)c1. The molecule has 0 aromatic heterocycles. The Hall–Kier alpha value is -2.21. The van der Waals surface area contributed by atoms with Gasteiger partial charge in [0.25, 0.3) is 0 Å². The number of aliphatic hydroxyl groups excluding tert-OH is 1. The lowest BCUT2D eigenvalue weighted by molar-refractivity contribution is 0.0963. The van der Waals surface area contributed by atoms with Crippen LogP contribution in [0, 0.1) is 29.3 Å². The molecule has 4 rings (SSSR count). The van der Waals surface area contributed by atoms with Crippen LogP contribution in [0.2, 0.25) is 0 Å². The predicted molar refractivity (Wildman–Crippen MR) is 131 cm³/mol. The number of hydrogen-bond donors (Lipinski definition) is 1. The number of rotatable bonds is 8. The molecule has 1 unspecified atom stereocenters. The van der Waals surface area contributed by atoms with Crippen molar-refractivity contribution in [1.29, 1.82) is 0 Å². The standard InChI is InChI=1S/C29H37F3O3/c1-3-34-23-12-15-27(26(30)16-23)35-17-19-4-6-21(7-5-19)24-13-14-25(29(32)28(24)31)22-10-8-20(9-11-22)18(2)33/h12-16,18-22,33H,3-11,17H2,1-2H3. The van der Waals surface area contributed by atoms with Gasteiger partial charge in [0.05, 0.1) is 19.3 Å². The molecule has 2 fully saturated rings. The maximum absolute atomic E-state index is 15.1. The third-order valence-electron chi connectivity index (χ3n) is 8.01. The molecule has 2 aromatic rings. The third-order valence-corrected chi connectivity index (χ3v) is 8.01. The van der Waals surface area contributed by atoms with Crippen molar-refractivity contribution in [2.75, 3.05) is 13.2 Å². The minimum Gasteiger partial charge on any atom is -0.494 e. The molecule has 1 atom stereocenters. The summed E-state index contributed by atoms with van der Waals surface area (Å²) < 4.78 is 55.4. The minimum absolute atomic E-state index is 0.0111. The Morgan fingerprint density at radius 3 is 1.91 bits per heavy atom. The van der Waals surface area contributed by atoms with Crippen LogP contribution >= 0.6 is 0 Å². The molecule has 2 aliphatic rings. The highest BCUT2D eigenvalue weighted by atomic mass is 19.2. The average molecular weight is 491 g/mol. The summed E-state index contributed by atoms with van der Waals surface area (Å²) in [5.41, 5.74) is 0.954. The summed E-state index contributed by atoms with van der Waals surface area (Å²) in [4.78, 5) is 0. The van der Waals surface area contributed by atoms with E-state index in [4.69, 9.17) is 9.47 Å². The van der Waals surface area contributed by atoms with Gasteiger partial charge in [-0.25, -0.2) is 13.2 Å². The van der Waals surface area contributed by atoms with Gasteiger partial charge in [-0.3, -0.25) is 0 Å². The summed E-state index contributed by atoms with van der Waals surface area (Å²) in [5.74, 6) is -0.630.